The Balaban J connectivity index is 1.64. The molecule has 0 aliphatic carbocycles. The molecule has 3 heterocycles. The van der Waals surface area contributed by atoms with Crippen LogP contribution in [-0.2, 0) is 23.9 Å². The van der Waals surface area contributed by atoms with Gasteiger partial charge >= 0.3 is 5.97 Å². The molecule has 2 aromatic carbocycles. The first-order valence-electron chi connectivity index (χ1n) is 12.9. The van der Waals surface area contributed by atoms with E-state index in [-0.39, 0.29) is 25.0 Å². The van der Waals surface area contributed by atoms with E-state index in [1.54, 1.807) is 42.2 Å². The van der Waals surface area contributed by atoms with Gasteiger partial charge in [-0.15, -0.1) is 6.58 Å². The molecule has 6 atom stereocenters. The van der Waals surface area contributed by atoms with E-state index in [9.17, 15) is 19.5 Å². The predicted octanol–water partition coefficient (Wildman–Crippen LogP) is 3.53. The van der Waals surface area contributed by atoms with Crippen LogP contribution in [0.1, 0.15) is 31.4 Å². The van der Waals surface area contributed by atoms with E-state index < -0.39 is 48.2 Å². The number of hydrogen-bond donors (Lipinski definition) is 1. The first kappa shape index (κ1) is 26.4. The molecule has 3 fully saturated rings. The molecular weight excluding hydrogens is 508 g/mol. The number of amides is 2. The fourth-order valence-electron chi connectivity index (χ4n) is 6.46. The number of anilines is 1. The SMILES string of the molecule is C=CCN(C(=O)[C@@H]1N([C@H](CO)c2ccccc2)C(=O)[C@H]2[C@H](C(=O)OCC)[C@@H]3CC[C@]12O3)c1ccc(Cl)cc1. The summed E-state index contributed by atoms with van der Waals surface area (Å²) in [6, 6.07) is 14.0. The summed E-state index contributed by atoms with van der Waals surface area (Å²) in [6.07, 6.45) is 2.07. The van der Waals surface area contributed by atoms with Gasteiger partial charge < -0.3 is 24.4 Å². The van der Waals surface area contributed by atoms with Crippen molar-refractivity contribution in [1.82, 2.24) is 4.90 Å². The van der Waals surface area contributed by atoms with Crippen LogP contribution >= 0.6 is 11.6 Å². The lowest BCUT2D eigenvalue weighted by molar-refractivity contribution is -0.155. The molecule has 3 aliphatic heterocycles. The second-order valence-electron chi connectivity index (χ2n) is 9.88. The smallest absolute Gasteiger partial charge is 0.312 e. The first-order valence-corrected chi connectivity index (χ1v) is 13.3. The monoisotopic (exact) mass is 538 g/mol. The molecule has 0 saturated carbocycles. The van der Waals surface area contributed by atoms with E-state index >= 15 is 0 Å². The van der Waals surface area contributed by atoms with Gasteiger partial charge in [0, 0.05) is 17.3 Å². The van der Waals surface area contributed by atoms with Crippen LogP contribution in [-0.4, -0.2) is 65.3 Å². The quantitative estimate of drug-likeness (QED) is 0.387. The fourth-order valence-corrected chi connectivity index (χ4v) is 6.59. The number of fused-ring (bicyclic) bond motifs is 1. The number of carbonyl (C=O) groups excluding carboxylic acids is 3. The largest absolute Gasteiger partial charge is 0.466 e. The molecule has 1 N–H and O–H groups in total. The van der Waals surface area contributed by atoms with Crippen molar-refractivity contribution in [2.45, 2.75) is 43.6 Å². The van der Waals surface area contributed by atoms with Crippen LogP contribution in [0.5, 0.6) is 0 Å². The van der Waals surface area contributed by atoms with Gasteiger partial charge in [-0.3, -0.25) is 14.4 Å². The number of rotatable bonds is 9. The third-order valence-electron chi connectivity index (χ3n) is 7.94. The van der Waals surface area contributed by atoms with E-state index in [1.165, 1.54) is 4.90 Å². The number of halogens is 1. The normalized spacial score (nSPS) is 28.2. The Hall–Kier alpha value is -3.20. The number of likely N-dealkylation sites (tertiary alicyclic amines) is 1. The topological polar surface area (TPSA) is 96.4 Å². The maximum absolute atomic E-state index is 14.5. The highest BCUT2D eigenvalue weighted by Crippen LogP contribution is 2.60. The first-order chi connectivity index (χ1) is 18.4. The highest BCUT2D eigenvalue weighted by molar-refractivity contribution is 6.30. The average molecular weight is 539 g/mol. The van der Waals surface area contributed by atoms with Crippen molar-refractivity contribution >= 4 is 35.1 Å². The minimum absolute atomic E-state index is 0.176. The van der Waals surface area contributed by atoms with Crippen LogP contribution < -0.4 is 4.90 Å². The molecule has 1 spiro atoms. The van der Waals surface area contributed by atoms with Gasteiger partial charge in [-0.05, 0) is 49.6 Å². The maximum atomic E-state index is 14.5. The molecule has 2 amide bonds. The molecule has 0 radical (unpaired) electrons. The molecule has 3 saturated heterocycles. The van der Waals surface area contributed by atoms with E-state index in [1.807, 2.05) is 30.3 Å². The van der Waals surface area contributed by atoms with Crippen molar-refractivity contribution in [3.8, 4) is 0 Å². The van der Waals surface area contributed by atoms with Gasteiger partial charge in [-0.2, -0.15) is 0 Å². The summed E-state index contributed by atoms with van der Waals surface area (Å²) >= 11 is 6.10. The lowest BCUT2D eigenvalue weighted by Crippen LogP contribution is -2.57. The van der Waals surface area contributed by atoms with E-state index in [4.69, 9.17) is 21.1 Å². The molecule has 9 heteroatoms. The Morgan fingerprint density at radius 2 is 1.97 bits per heavy atom. The molecule has 3 aliphatic rings. The summed E-state index contributed by atoms with van der Waals surface area (Å²) < 4.78 is 11.8. The van der Waals surface area contributed by atoms with Crippen molar-refractivity contribution in [3.63, 3.8) is 0 Å². The lowest BCUT2D eigenvalue weighted by Gasteiger charge is -2.39. The Morgan fingerprint density at radius 3 is 2.61 bits per heavy atom. The highest BCUT2D eigenvalue weighted by atomic mass is 35.5. The Kier molecular flexibility index (Phi) is 7.31. The molecule has 0 unspecified atom stereocenters. The minimum atomic E-state index is -1.22. The molecule has 2 bridgehead atoms. The molecular formula is C29H31ClN2O6. The summed E-state index contributed by atoms with van der Waals surface area (Å²) in [6.45, 7) is 5.49. The van der Waals surface area contributed by atoms with Crippen molar-refractivity contribution in [1.29, 1.82) is 0 Å². The second kappa shape index (κ2) is 10.5. The minimum Gasteiger partial charge on any atom is -0.466 e. The standard InChI is InChI=1S/C29H31ClN2O6/c1-3-16-31(20-12-10-19(30)11-13-20)27(35)25-29-15-14-22(38-29)23(28(36)37-4-2)24(29)26(34)32(25)21(17-33)18-8-6-5-7-9-18/h3,5-13,21-25,33H,1,4,14-17H2,2H3/t21-,22+,23-,24-,25+,29-/m1/s1. The van der Waals surface area contributed by atoms with Gasteiger partial charge in [-0.1, -0.05) is 48.0 Å². The molecule has 0 aromatic heterocycles. The zero-order chi connectivity index (χ0) is 27.0. The number of carbonyl (C=O) groups is 3. The number of aliphatic hydroxyl groups excluding tert-OH is 1. The Labute approximate surface area is 226 Å². The van der Waals surface area contributed by atoms with Gasteiger partial charge in [0.2, 0.25) is 5.91 Å². The van der Waals surface area contributed by atoms with Gasteiger partial charge in [0.25, 0.3) is 5.91 Å². The number of esters is 1. The molecule has 200 valence electrons. The van der Waals surface area contributed by atoms with Crippen molar-refractivity contribution < 1.29 is 29.0 Å². The van der Waals surface area contributed by atoms with Crippen LogP contribution in [0, 0.1) is 11.8 Å². The van der Waals surface area contributed by atoms with E-state index in [2.05, 4.69) is 6.58 Å². The van der Waals surface area contributed by atoms with Crippen LogP contribution in [0.15, 0.2) is 67.3 Å². The van der Waals surface area contributed by atoms with Crippen LogP contribution in [0.4, 0.5) is 5.69 Å². The van der Waals surface area contributed by atoms with E-state index in [0.29, 0.717) is 29.1 Å². The Morgan fingerprint density at radius 1 is 1.26 bits per heavy atom. The van der Waals surface area contributed by atoms with Crippen LogP contribution in [0.3, 0.4) is 0 Å². The molecule has 5 rings (SSSR count). The van der Waals surface area contributed by atoms with Crippen molar-refractivity contribution in [2.75, 3.05) is 24.7 Å². The predicted molar refractivity (Wildman–Crippen MR) is 141 cm³/mol. The van der Waals surface area contributed by atoms with Gasteiger partial charge in [0.05, 0.1) is 37.2 Å². The third kappa shape index (κ3) is 4.11. The Bertz CT molecular complexity index is 1220. The molecule has 8 nitrogen and oxygen atoms in total. The summed E-state index contributed by atoms with van der Waals surface area (Å²) in [4.78, 5) is 44.8. The number of ether oxygens (including phenoxy) is 2. The lowest BCUT2D eigenvalue weighted by atomic mass is 9.70. The summed E-state index contributed by atoms with van der Waals surface area (Å²) in [5, 5.41) is 11.1. The molecule has 38 heavy (non-hydrogen) atoms. The van der Waals surface area contributed by atoms with Gasteiger partial charge in [0.15, 0.2) is 0 Å². The molecule has 2 aromatic rings. The van der Waals surface area contributed by atoms with Crippen LogP contribution in [0.2, 0.25) is 5.02 Å². The number of aliphatic hydroxyl groups is 1. The van der Waals surface area contributed by atoms with E-state index in [0.717, 1.165) is 0 Å². The van der Waals surface area contributed by atoms with Gasteiger partial charge in [0.1, 0.15) is 11.6 Å². The summed E-state index contributed by atoms with van der Waals surface area (Å²) in [5.41, 5.74) is 0.0485. The number of benzene rings is 2. The third-order valence-corrected chi connectivity index (χ3v) is 8.19. The fraction of sp³-hybridized carbons (Fsp3) is 0.414. The van der Waals surface area contributed by atoms with Gasteiger partial charge in [-0.25, -0.2) is 0 Å². The van der Waals surface area contributed by atoms with Crippen molar-refractivity contribution in [3.05, 3.63) is 77.8 Å². The summed E-state index contributed by atoms with van der Waals surface area (Å²) in [5.74, 6) is -2.95. The zero-order valence-corrected chi connectivity index (χ0v) is 21.9. The maximum Gasteiger partial charge on any atom is 0.312 e. The van der Waals surface area contributed by atoms with Crippen LogP contribution in [0.25, 0.3) is 0 Å². The number of hydrogen-bond acceptors (Lipinski definition) is 6. The second-order valence-corrected chi connectivity index (χ2v) is 10.3. The number of nitrogens with zero attached hydrogens (tertiary/aromatic N) is 2. The zero-order valence-electron chi connectivity index (χ0n) is 21.2. The van der Waals surface area contributed by atoms with Crippen molar-refractivity contribution in [2.24, 2.45) is 11.8 Å². The highest BCUT2D eigenvalue weighted by Gasteiger charge is 2.75. The average Bonchev–Trinajstić information content (AvgIpc) is 3.57. The summed E-state index contributed by atoms with van der Waals surface area (Å²) in [7, 11) is 0.